The van der Waals surface area contributed by atoms with Gasteiger partial charge in [0.15, 0.2) is 0 Å². The summed E-state index contributed by atoms with van der Waals surface area (Å²) in [7, 11) is 0.600. The summed E-state index contributed by atoms with van der Waals surface area (Å²) in [6, 6.07) is 9.49. The maximum absolute atomic E-state index is 12.1. The van der Waals surface area contributed by atoms with Crippen molar-refractivity contribution in [2.24, 2.45) is 5.41 Å². The monoisotopic (exact) mass is 249 g/mol. The van der Waals surface area contributed by atoms with E-state index in [1.807, 2.05) is 24.3 Å². The molecule has 0 heterocycles. The highest BCUT2D eigenvalue weighted by Gasteiger charge is 2.43. The van der Waals surface area contributed by atoms with Crippen molar-refractivity contribution >= 4 is 10.8 Å². The molecule has 1 atom stereocenters. The van der Waals surface area contributed by atoms with Crippen LogP contribution >= 0.6 is 0 Å². The number of rotatable bonds is 5. The maximum atomic E-state index is 12.1. The van der Waals surface area contributed by atoms with Gasteiger partial charge in [0.1, 0.15) is 5.75 Å². The Hall–Kier alpha value is -1.34. The van der Waals surface area contributed by atoms with Gasteiger partial charge in [0.05, 0.1) is 24.0 Å². The number of benzene rings is 1. The minimum Gasteiger partial charge on any atom is -0.497 e. The number of hydrogen-bond acceptors (Lipinski definition) is 3. The summed E-state index contributed by atoms with van der Waals surface area (Å²) in [5.74, 6) is 1.37. The first-order valence-electron chi connectivity index (χ1n) is 5.58. The van der Waals surface area contributed by atoms with Crippen molar-refractivity contribution in [2.45, 2.75) is 24.2 Å². The van der Waals surface area contributed by atoms with E-state index in [4.69, 9.17) is 10.00 Å². The fraction of sp³-hybridized carbons (Fsp3) is 0.462. The lowest BCUT2D eigenvalue weighted by Crippen LogP contribution is -2.11. The third-order valence-corrected chi connectivity index (χ3v) is 4.84. The molecule has 0 aromatic heterocycles. The van der Waals surface area contributed by atoms with Crippen LogP contribution in [0.1, 0.15) is 19.3 Å². The fourth-order valence-electron chi connectivity index (χ4n) is 1.81. The molecule has 0 aliphatic heterocycles. The number of nitriles is 1. The molecule has 0 spiro atoms. The number of methoxy groups -OCH3 is 1. The summed E-state index contributed by atoms with van der Waals surface area (Å²) in [6.45, 7) is 0. The van der Waals surface area contributed by atoms with Crippen molar-refractivity contribution in [1.82, 2.24) is 0 Å². The van der Waals surface area contributed by atoms with Gasteiger partial charge in [-0.15, -0.1) is 0 Å². The quantitative estimate of drug-likeness (QED) is 0.805. The maximum Gasteiger partial charge on any atom is 0.118 e. The van der Waals surface area contributed by atoms with Crippen LogP contribution in [0.3, 0.4) is 0 Å². The zero-order chi connectivity index (χ0) is 12.3. The molecular weight excluding hydrogens is 234 g/mol. The topological polar surface area (TPSA) is 50.1 Å². The first-order valence-corrected chi connectivity index (χ1v) is 6.90. The molecule has 2 rings (SSSR count). The van der Waals surface area contributed by atoms with Crippen molar-refractivity contribution in [3.05, 3.63) is 24.3 Å². The van der Waals surface area contributed by atoms with Gasteiger partial charge in [-0.25, -0.2) is 0 Å². The normalized spacial score (nSPS) is 18.1. The second-order valence-electron chi connectivity index (χ2n) is 4.50. The molecule has 1 fully saturated rings. The third-order valence-electron chi connectivity index (χ3n) is 3.17. The van der Waals surface area contributed by atoms with Crippen LogP contribution in [-0.4, -0.2) is 17.1 Å². The molecule has 1 unspecified atom stereocenters. The lowest BCUT2D eigenvalue weighted by molar-refractivity contribution is 0.414. The molecule has 0 amide bonds. The Morgan fingerprint density at radius 3 is 2.53 bits per heavy atom. The molecular formula is C13H15NO2S. The highest BCUT2D eigenvalue weighted by Crippen LogP contribution is 2.49. The van der Waals surface area contributed by atoms with Crippen molar-refractivity contribution in [3.63, 3.8) is 0 Å². The SMILES string of the molecule is COc1ccc(S(=O)CC2(CC#N)CC2)cc1. The number of nitrogens with zero attached hydrogens (tertiary/aromatic N) is 1. The number of ether oxygens (including phenoxy) is 1. The van der Waals surface area contributed by atoms with Gasteiger partial charge in [0.2, 0.25) is 0 Å². The van der Waals surface area contributed by atoms with Crippen LogP contribution in [0.4, 0.5) is 0 Å². The van der Waals surface area contributed by atoms with E-state index in [1.165, 1.54) is 0 Å². The molecule has 3 nitrogen and oxygen atoms in total. The Bertz CT molecular complexity index is 457. The smallest absolute Gasteiger partial charge is 0.118 e. The lowest BCUT2D eigenvalue weighted by Gasteiger charge is -2.10. The van der Waals surface area contributed by atoms with E-state index in [-0.39, 0.29) is 5.41 Å². The van der Waals surface area contributed by atoms with Crippen molar-refractivity contribution < 1.29 is 8.95 Å². The summed E-state index contributed by atoms with van der Waals surface area (Å²) in [5, 5.41) is 8.73. The molecule has 17 heavy (non-hydrogen) atoms. The van der Waals surface area contributed by atoms with Crippen molar-refractivity contribution in [1.29, 1.82) is 5.26 Å². The van der Waals surface area contributed by atoms with Crippen LogP contribution in [0.2, 0.25) is 0 Å². The van der Waals surface area contributed by atoms with Gasteiger partial charge < -0.3 is 4.74 Å². The summed E-state index contributed by atoms with van der Waals surface area (Å²) in [5.41, 5.74) is 0.0273. The van der Waals surface area contributed by atoms with E-state index in [1.54, 1.807) is 7.11 Å². The van der Waals surface area contributed by atoms with Crippen LogP contribution < -0.4 is 4.74 Å². The van der Waals surface area contributed by atoms with Crippen LogP contribution in [0.25, 0.3) is 0 Å². The molecule has 90 valence electrons. The Balaban J connectivity index is 2.02. The second-order valence-corrected chi connectivity index (χ2v) is 5.95. The van der Waals surface area contributed by atoms with Gasteiger partial charge in [0.25, 0.3) is 0 Å². The van der Waals surface area contributed by atoms with Gasteiger partial charge in [-0.2, -0.15) is 5.26 Å². The van der Waals surface area contributed by atoms with Crippen LogP contribution in [0.5, 0.6) is 5.75 Å². The zero-order valence-electron chi connectivity index (χ0n) is 9.81. The minimum absolute atomic E-state index is 0.0273. The standard InChI is InChI=1S/C13H15NO2S/c1-16-11-2-4-12(5-3-11)17(15)10-13(6-7-13)8-9-14/h2-5H,6-8,10H2,1H3. The Kier molecular flexibility index (Phi) is 3.49. The van der Waals surface area contributed by atoms with E-state index in [0.717, 1.165) is 23.5 Å². The van der Waals surface area contributed by atoms with Gasteiger partial charge in [-0.1, -0.05) is 0 Å². The fourth-order valence-corrected chi connectivity index (χ4v) is 3.36. The second kappa shape index (κ2) is 4.89. The molecule has 0 radical (unpaired) electrons. The summed E-state index contributed by atoms with van der Waals surface area (Å²) in [6.07, 6.45) is 2.58. The summed E-state index contributed by atoms with van der Waals surface area (Å²) < 4.78 is 17.2. The zero-order valence-corrected chi connectivity index (χ0v) is 10.6. The Morgan fingerprint density at radius 2 is 2.06 bits per heavy atom. The van der Waals surface area contributed by atoms with Crippen LogP contribution in [0.15, 0.2) is 29.2 Å². The third kappa shape index (κ3) is 2.86. The predicted molar refractivity (Wildman–Crippen MR) is 66.2 cm³/mol. The Morgan fingerprint density at radius 1 is 1.41 bits per heavy atom. The first-order chi connectivity index (χ1) is 8.19. The molecule has 0 saturated heterocycles. The molecule has 4 heteroatoms. The van der Waals surface area contributed by atoms with Crippen LogP contribution in [-0.2, 0) is 10.8 Å². The van der Waals surface area contributed by atoms with Crippen molar-refractivity contribution in [3.8, 4) is 11.8 Å². The van der Waals surface area contributed by atoms with E-state index in [2.05, 4.69) is 6.07 Å². The summed E-state index contributed by atoms with van der Waals surface area (Å²) >= 11 is 0. The molecule has 0 bridgehead atoms. The molecule has 1 aromatic rings. The lowest BCUT2D eigenvalue weighted by atomic mass is 10.1. The van der Waals surface area contributed by atoms with Gasteiger partial charge in [-0.3, -0.25) is 4.21 Å². The molecule has 1 aliphatic carbocycles. The van der Waals surface area contributed by atoms with Crippen molar-refractivity contribution in [2.75, 3.05) is 12.9 Å². The van der Waals surface area contributed by atoms with E-state index >= 15 is 0 Å². The molecule has 1 saturated carbocycles. The highest BCUT2D eigenvalue weighted by atomic mass is 32.2. The molecule has 1 aromatic carbocycles. The van der Waals surface area contributed by atoms with E-state index < -0.39 is 10.8 Å². The number of hydrogen-bond donors (Lipinski definition) is 0. The van der Waals surface area contributed by atoms with Gasteiger partial charge in [-0.05, 0) is 42.5 Å². The minimum atomic E-state index is -1.01. The average Bonchev–Trinajstić information content (AvgIpc) is 3.09. The largest absolute Gasteiger partial charge is 0.497 e. The van der Waals surface area contributed by atoms with Gasteiger partial charge in [0, 0.05) is 17.1 Å². The summed E-state index contributed by atoms with van der Waals surface area (Å²) in [4.78, 5) is 0.815. The Labute approximate surface area is 104 Å². The predicted octanol–water partition coefficient (Wildman–Crippen LogP) is 2.50. The molecule has 1 aliphatic rings. The van der Waals surface area contributed by atoms with Crippen LogP contribution in [0, 0.1) is 16.7 Å². The first kappa shape index (κ1) is 12.1. The highest BCUT2D eigenvalue weighted by molar-refractivity contribution is 7.85. The van der Waals surface area contributed by atoms with E-state index in [0.29, 0.717) is 12.2 Å². The average molecular weight is 249 g/mol. The molecule has 0 N–H and O–H groups in total. The van der Waals surface area contributed by atoms with E-state index in [9.17, 15) is 4.21 Å². The van der Waals surface area contributed by atoms with Gasteiger partial charge >= 0.3 is 0 Å².